The van der Waals surface area contributed by atoms with E-state index in [0.717, 1.165) is 17.5 Å². The summed E-state index contributed by atoms with van der Waals surface area (Å²) in [5.41, 5.74) is 2.55. The van der Waals surface area contributed by atoms with E-state index in [-0.39, 0.29) is 36.1 Å². The largest absolute Gasteiger partial charge is 0.330 e. The molecule has 0 aliphatic carbocycles. The Kier molecular flexibility index (Phi) is 6.70. The number of carbonyl (C=O) groups excluding carboxylic acids is 2. The second kappa shape index (κ2) is 9.65. The maximum absolute atomic E-state index is 13.6. The summed E-state index contributed by atoms with van der Waals surface area (Å²) in [5, 5.41) is 2.04. The molecular weight excluding hydrogens is 423 g/mol. The minimum absolute atomic E-state index is 0.0169. The van der Waals surface area contributed by atoms with E-state index < -0.39 is 0 Å². The number of hydrogen-bond acceptors (Lipinski definition) is 3. The monoisotopic (exact) mass is 450 g/mol. The quantitative estimate of drug-likeness (QED) is 0.521. The zero-order valence-corrected chi connectivity index (χ0v) is 19.1. The molecule has 1 atom stereocenters. The molecule has 0 saturated heterocycles. The molecule has 4 rings (SSSR count). The zero-order chi connectivity index (χ0) is 22.7. The summed E-state index contributed by atoms with van der Waals surface area (Å²) in [7, 11) is 0. The van der Waals surface area contributed by atoms with E-state index in [1.54, 1.807) is 40.5 Å². The van der Waals surface area contributed by atoms with E-state index in [0.29, 0.717) is 18.7 Å². The van der Waals surface area contributed by atoms with Gasteiger partial charge >= 0.3 is 0 Å². The Morgan fingerprint density at radius 3 is 2.50 bits per heavy atom. The maximum atomic E-state index is 13.6. The molecule has 2 aromatic carbocycles. The highest BCUT2D eigenvalue weighted by molar-refractivity contribution is 7.10. The van der Waals surface area contributed by atoms with Gasteiger partial charge in [0.05, 0.1) is 6.04 Å². The zero-order valence-electron chi connectivity index (χ0n) is 18.3. The van der Waals surface area contributed by atoms with Crippen LogP contribution >= 0.6 is 11.3 Å². The Morgan fingerprint density at radius 2 is 1.81 bits per heavy atom. The van der Waals surface area contributed by atoms with Crippen molar-refractivity contribution in [2.45, 2.75) is 26.3 Å². The summed E-state index contributed by atoms with van der Waals surface area (Å²) in [6, 6.07) is 17.2. The molecular formula is C26H27FN2O2S. The first-order valence-electron chi connectivity index (χ1n) is 10.9. The van der Waals surface area contributed by atoms with Crippen LogP contribution in [-0.4, -0.2) is 41.2 Å². The molecule has 0 saturated carbocycles. The molecule has 1 unspecified atom stereocenters. The Hall–Kier alpha value is -2.99. The second-order valence-corrected chi connectivity index (χ2v) is 9.54. The molecule has 2 amide bonds. The number of benzene rings is 2. The van der Waals surface area contributed by atoms with Crippen LogP contribution in [0.2, 0.25) is 0 Å². The van der Waals surface area contributed by atoms with Crippen molar-refractivity contribution < 1.29 is 14.0 Å². The standard InChI is InChI=1S/C26H27FN2O2S/c1-18(2)16-28(26(31)20-6-4-3-5-7-20)17-24(30)29-14-12-23-22(13-15-32-23)25(29)19-8-10-21(27)11-9-19/h3-11,13,15,18,25H,12,14,16-17H2,1-2H3. The first-order chi connectivity index (χ1) is 15.4. The van der Waals surface area contributed by atoms with Gasteiger partial charge in [0.15, 0.2) is 0 Å². The highest BCUT2D eigenvalue weighted by Crippen LogP contribution is 2.38. The first kappa shape index (κ1) is 22.2. The van der Waals surface area contributed by atoms with Gasteiger partial charge in [-0.15, -0.1) is 11.3 Å². The summed E-state index contributed by atoms with van der Waals surface area (Å²) in [6.07, 6.45) is 0.785. The second-order valence-electron chi connectivity index (χ2n) is 8.54. The van der Waals surface area contributed by atoms with E-state index in [2.05, 4.69) is 6.07 Å². The van der Waals surface area contributed by atoms with Crippen LogP contribution < -0.4 is 0 Å². The third-order valence-corrected chi connectivity index (χ3v) is 6.69. The van der Waals surface area contributed by atoms with Gasteiger partial charge in [0.25, 0.3) is 5.91 Å². The summed E-state index contributed by atoms with van der Waals surface area (Å²) < 4.78 is 13.6. The van der Waals surface area contributed by atoms with Gasteiger partial charge in [-0.25, -0.2) is 4.39 Å². The van der Waals surface area contributed by atoms with Gasteiger partial charge in [0.1, 0.15) is 12.4 Å². The van der Waals surface area contributed by atoms with Gasteiger partial charge in [-0.05, 0) is 59.2 Å². The number of thiophene rings is 1. The van der Waals surface area contributed by atoms with Crippen LogP contribution in [0.15, 0.2) is 66.0 Å². The number of carbonyl (C=O) groups is 2. The van der Waals surface area contributed by atoms with Gasteiger partial charge in [-0.3, -0.25) is 9.59 Å². The molecule has 1 aromatic heterocycles. The molecule has 2 heterocycles. The van der Waals surface area contributed by atoms with Crippen LogP contribution in [0.1, 0.15) is 46.3 Å². The highest BCUT2D eigenvalue weighted by atomic mass is 32.1. The van der Waals surface area contributed by atoms with Gasteiger partial charge in [-0.2, -0.15) is 0 Å². The third kappa shape index (κ3) is 4.75. The fourth-order valence-electron chi connectivity index (χ4n) is 4.27. The third-order valence-electron chi connectivity index (χ3n) is 5.69. The van der Waals surface area contributed by atoms with Crippen molar-refractivity contribution >= 4 is 23.2 Å². The van der Waals surface area contributed by atoms with E-state index in [9.17, 15) is 14.0 Å². The summed E-state index contributed by atoms with van der Waals surface area (Å²) in [5.74, 6) is -0.307. The average molecular weight is 451 g/mol. The Bertz CT molecular complexity index is 1080. The number of hydrogen-bond donors (Lipinski definition) is 0. The molecule has 1 aliphatic heterocycles. The van der Waals surface area contributed by atoms with E-state index in [1.165, 1.54) is 17.0 Å². The van der Waals surface area contributed by atoms with Gasteiger partial charge in [0.2, 0.25) is 5.91 Å². The Balaban J connectivity index is 1.62. The fraction of sp³-hybridized carbons (Fsp3) is 0.308. The van der Waals surface area contributed by atoms with Crippen molar-refractivity contribution in [3.8, 4) is 0 Å². The number of nitrogens with zero attached hydrogens (tertiary/aromatic N) is 2. The molecule has 1 aliphatic rings. The molecule has 0 radical (unpaired) electrons. The van der Waals surface area contributed by atoms with Crippen molar-refractivity contribution in [3.05, 3.63) is 93.4 Å². The topological polar surface area (TPSA) is 40.6 Å². The molecule has 0 N–H and O–H groups in total. The van der Waals surface area contributed by atoms with Crippen molar-refractivity contribution in [1.29, 1.82) is 0 Å². The summed E-state index contributed by atoms with van der Waals surface area (Å²) in [6.45, 7) is 5.16. The highest BCUT2D eigenvalue weighted by Gasteiger charge is 2.34. The summed E-state index contributed by atoms with van der Waals surface area (Å²) >= 11 is 1.69. The molecule has 0 fully saturated rings. The number of halogens is 1. The molecule has 3 aromatic rings. The minimum atomic E-state index is -0.301. The fourth-order valence-corrected chi connectivity index (χ4v) is 5.17. The van der Waals surface area contributed by atoms with Crippen LogP contribution in [0, 0.1) is 11.7 Å². The molecule has 166 valence electrons. The lowest BCUT2D eigenvalue weighted by atomic mass is 9.93. The van der Waals surface area contributed by atoms with Crippen molar-refractivity contribution in [2.75, 3.05) is 19.6 Å². The van der Waals surface area contributed by atoms with Crippen LogP contribution in [0.25, 0.3) is 0 Å². The molecule has 4 nitrogen and oxygen atoms in total. The van der Waals surface area contributed by atoms with Crippen LogP contribution in [0.3, 0.4) is 0 Å². The van der Waals surface area contributed by atoms with E-state index in [1.807, 2.05) is 42.3 Å². The predicted octanol–water partition coefficient (Wildman–Crippen LogP) is 5.16. The number of rotatable bonds is 6. The molecule has 32 heavy (non-hydrogen) atoms. The van der Waals surface area contributed by atoms with Gasteiger partial charge in [0, 0.05) is 23.5 Å². The Morgan fingerprint density at radius 1 is 1.09 bits per heavy atom. The van der Waals surface area contributed by atoms with Crippen LogP contribution in [0.4, 0.5) is 4.39 Å². The van der Waals surface area contributed by atoms with Gasteiger partial charge < -0.3 is 9.80 Å². The van der Waals surface area contributed by atoms with Crippen LogP contribution in [0.5, 0.6) is 0 Å². The van der Waals surface area contributed by atoms with Crippen molar-refractivity contribution in [1.82, 2.24) is 9.80 Å². The van der Waals surface area contributed by atoms with Crippen LogP contribution in [-0.2, 0) is 11.2 Å². The van der Waals surface area contributed by atoms with E-state index >= 15 is 0 Å². The maximum Gasteiger partial charge on any atom is 0.254 e. The number of fused-ring (bicyclic) bond motifs is 1. The SMILES string of the molecule is CC(C)CN(CC(=O)N1CCc2sccc2C1c1ccc(F)cc1)C(=O)c1ccccc1. The smallest absolute Gasteiger partial charge is 0.254 e. The van der Waals surface area contributed by atoms with Gasteiger partial charge in [-0.1, -0.05) is 44.2 Å². The first-order valence-corrected chi connectivity index (χ1v) is 11.8. The van der Waals surface area contributed by atoms with Crippen molar-refractivity contribution in [2.24, 2.45) is 5.92 Å². The molecule has 0 spiro atoms. The summed E-state index contributed by atoms with van der Waals surface area (Å²) in [4.78, 5) is 31.5. The Labute approximate surface area is 192 Å². The lowest BCUT2D eigenvalue weighted by molar-refractivity contribution is -0.134. The minimum Gasteiger partial charge on any atom is -0.330 e. The van der Waals surface area contributed by atoms with Crippen molar-refractivity contribution in [3.63, 3.8) is 0 Å². The average Bonchev–Trinajstić information content (AvgIpc) is 3.27. The normalized spacial score (nSPS) is 15.5. The van der Waals surface area contributed by atoms with E-state index in [4.69, 9.17) is 0 Å². The lowest BCUT2D eigenvalue weighted by Gasteiger charge is -2.38. The molecule has 0 bridgehead atoms. The number of amides is 2. The molecule has 6 heteroatoms. The predicted molar refractivity (Wildman–Crippen MR) is 125 cm³/mol. The lowest BCUT2D eigenvalue weighted by Crippen LogP contribution is -2.47.